The van der Waals surface area contributed by atoms with Crippen LogP contribution in [0, 0.1) is 6.58 Å². The minimum Gasteiger partial charge on any atom is -0.293 e. The standard InChI is InChI=1S/C4H5.Ti/c1-3-4-2;/h1,3-4H,2H2;/q-1;. The summed E-state index contributed by atoms with van der Waals surface area (Å²) in [5, 5.41) is 0. The molecule has 0 aliphatic heterocycles. The van der Waals surface area contributed by atoms with Gasteiger partial charge in [-0.05, 0) is 0 Å². The molecule has 0 aromatic carbocycles. The van der Waals surface area contributed by atoms with Crippen LogP contribution in [0.3, 0.4) is 0 Å². The Labute approximate surface area is 47.5 Å². The Morgan fingerprint density at radius 1 is 1.60 bits per heavy atom. The van der Waals surface area contributed by atoms with E-state index >= 15 is 0 Å². The van der Waals surface area contributed by atoms with Crippen LogP contribution in [0.5, 0.6) is 0 Å². The van der Waals surface area contributed by atoms with Crippen LogP contribution in [0.4, 0.5) is 0 Å². The number of allylic oxidation sites excluding steroid dienone is 2. The maximum atomic E-state index is 4.78. The van der Waals surface area contributed by atoms with Crippen LogP contribution in [-0.4, -0.2) is 0 Å². The Kier molecular flexibility index (Phi) is 15.9. The minimum absolute atomic E-state index is 0. The first-order chi connectivity index (χ1) is 1.91. The molecule has 0 aliphatic rings. The molecule has 0 amide bonds. The van der Waals surface area contributed by atoms with Crippen molar-refractivity contribution in [1.29, 1.82) is 0 Å². The number of hydrogen-bond acceptors (Lipinski definition) is 0. The van der Waals surface area contributed by atoms with Crippen molar-refractivity contribution >= 4 is 0 Å². The molecule has 0 fully saturated rings. The molecule has 0 aromatic heterocycles. The summed E-state index contributed by atoms with van der Waals surface area (Å²) in [5.74, 6) is 0. The van der Waals surface area contributed by atoms with Gasteiger partial charge >= 0.3 is 0 Å². The summed E-state index contributed by atoms with van der Waals surface area (Å²) in [5.41, 5.74) is 0. The van der Waals surface area contributed by atoms with Crippen LogP contribution >= 0.6 is 0 Å². The Hall–Kier alpha value is 0.194. The Morgan fingerprint density at radius 3 is 1.80 bits per heavy atom. The summed E-state index contributed by atoms with van der Waals surface area (Å²) < 4.78 is 0. The Balaban J connectivity index is 0. The van der Waals surface area contributed by atoms with Gasteiger partial charge in [0.1, 0.15) is 0 Å². The van der Waals surface area contributed by atoms with Crippen LogP contribution in [-0.2, 0) is 21.7 Å². The first-order valence-corrected chi connectivity index (χ1v) is 1.07. The molecule has 0 aromatic rings. The maximum absolute atomic E-state index is 4.78. The van der Waals surface area contributed by atoms with Gasteiger partial charge in [0, 0.05) is 21.7 Å². The zero-order chi connectivity index (χ0) is 3.41. The van der Waals surface area contributed by atoms with Crippen LogP contribution in [0.15, 0.2) is 18.7 Å². The van der Waals surface area contributed by atoms with E-state index in [4.69, 9.17) is 6.58 Å². The molecule has 5 heavy (non-hydrogen) atoms. The van der Waals surface area contributed by atoms with Crippen LogP contribution in [0.25, 0.3) is 0 Å². The summed E-state index contributed by atoms with van der Waals surface area (Å²) in [4.78, 5) is 0. The van der Waals surface area contributed by atoms with Crippen LogP contribution in [0.2, 0.25) is 0 Å². The van der Waals surface area contributed by atoms with Crippen molar-refractivity contribution in [3.05, 3.63) is 25.3 Å². The monoisotopic (exact) mass is 101 g/mol. The third-order valence-corrected chi connectivity index (χ3v) is 0.136. The molecule has 0 spiro atoms. The quantitative estimate of drug-likeness (QED) is 0.264. The van der Waals surface area contributed by atoms with E-state index in [9.17, 15) is 0 Å². The van der Waals surface area contributed by atoms with Gasteiger partial charge in [-0.2, -0.15) is 6.58 Å². The van der Waals surface area contributed by atoms with E-state index in [1.165, 1.54) is 12.2 Å². The normalized spacial score (nSPS) is 4.00. The summed E-state index contributed by atoms with van der Waals surface area (Å²) in [6.07, 6.45) is 2.92. The van der Waals surface area contributed by atoms with Gasteiger partial charge in [-0.15, -0.1) is 0 Å². The van der Waals surface area contributed by atoms with Crippen molar-refractivity contribution in [3.63, 3.8) is 0 Å². The molecule has 0 aliphatic carbocycles. The predicted molar refractivity (Wildman–Crippen MR) is 19.1 cm³/mol. The minimum atomic E-state index is 0. The van der Waals surface area contributed by atoms with Gasteiger partial charge in [-0.3, -0.25) is 6.58 Å². The van der Waals surface area contributed by atoms with Crippen molar-refractivity contribution < 1.29 is 21.7 Å². The second-order valence-electron chi connectivity index (χ2n) is 0.428. The average Bonchev–Trinajstić information content (AvgIpc) is 1.37. The SMILES string of the molecule is [CH-]=CC=C.[Ti]. The fourth-order valence-corrected chi connectivity index (χ4v) is 0. The van der Waals surface area contributed by atoms with E-state index in [0.29, 0.717) is 0 Å². The molecule has 0 atom stereocenters. The van der Waals surface area contributed by atoms with Crippen molar-refractivity contribution in [2.75, 3.05) is 0 Å². The van der Waals surface area contributed by atoms with Crippen LogP contribution < -0.4 is 0 Å². The molecule has 0 N–H and O–H groups in total. The molecule has 0 saturated heterocycles. The van der Waals surface area contributed by atoms with E-state index in [0.717, 1.165) is 0 Å². The average molecular weight is 101 g/mol. The number of hydrogen-bond donors (Lipinski definition) is 0. The first-order valence-electron chi connectivity index (χ1n) is 1.07. The van der Waals surface area contributed by atoms with E-state index in [2.05, 4.69) is 6.58 Å². The summed E-state index contributed by atoms with van der Waals surface area (Å²) in [6, 6.07) is 0. The topological polar surface area (TPSA) is 0 Å². The smallest absolute Gasteiger partial charge is 0 e. The van der Waals surface area contributed by atoms with E-state index < -0.39 is 0 Å². The van der Waals surface area contributed by atoms with Gasteiger partial charge in [0.2, 0.25) is 0 Å². The molecule has 0 radical (unpaired) electrons. The summed E-state index contributed by atoms with van der Waals surface area (Å²) in [7, 11) is 0. The second-order valence-corrected chi connectivity index (χ2v) is 0.428. The van der Waals surface area contributed by atoms with E-state index in [1.807, 2.05) is 0 Å². The third kappa shape index (κ3) is 14.2. The molecular formula is C4H5Ti-. The van der Waals surface area contributed by atoms with E-state index in [-0.39, 0.29) is 21.7 Å². The fraction of sp³-hybridized carbons (Fsp3) is 0. The second kappa shape index (κ2) is 8.89. The van der Waals surface area contributed by atoms with Gasteiger partial charge in [0.05, 0.1) is 0 Å². The zero-order valence-corrected chi connectivity index (χ0v) is 4.50. The van der Waals surface area contributed by atoms with Gasteiger partial charge in [0.15, 0.2) is 0 Å². The molecule has 0 unspecified atom stereocenters. The van der Waals surface area contributed by atoms with E-state index in [1.54, 1.807) is 0 Å². The van der Waals surface area contributed by atoms with Gasteiger partial charge in [-0.25, -0.2) is 12.2 Å². The molecule has 26 valence electrons. The van der Waals surface area contributed by atoms with Crippen LogP contribution in [0.1, 0.15) is 0 Å². The van der Waals surface area contributed by atoms with Crippen molar-refractivity contribution in [1.82, 2.24) is 0 Å². The maximum Gasteiger partial charge on any atom is 0 e. The van der Waals surface area contributed by atoms with Crippen molar-refractivity contribution in [3.8, 4) is 0 Å². The Morgan fingerprint density at radius 2 is 1.80 bits per heavy atom. The van der Waals surface area contributed by atoms with Gasteiger partial charge in [0.25, 0.3) is 0 Å². The molecule has 0 heterocycles. The summed E-state index contributed by atoms with van der Waals surface area (Å²) >= 11 is 0. The molecular weight excluding hydrogens is 95.9 g/mol. The predicted octanol–water partition coefficient (Wildman–Crippen LogP) is 1.16. The third-order valence-electron chi connectivity index (χ3n) is 0.136. The summed E-state index contributed by atoms with van der Waals surface area (Å²) in [6.45, 7) is 8.08. The number of rotatable bonds is 1. The molecule has 0 bridgehead atoms. The largest absolute Gasteiger partial charge is 0.293 e. The molecule has 0 rings (SSSR count). The molecule has 1 heteroatoms. The van der Waals surface area contributed by atoms with Crippen molar-refractivity contribution in [2.45, 2.75) is 0 Å². The fourth-order valence-electron chi connectivity index (χ4n) is 0. The van der Waals surface area contributed by atoms with Gasteiger partial charge < -0.3 is 0 Å². The first kappa shape index (κ1) is 8.96. The Bertz CT molecular complexity index is 24.6. The van der Waals surface area contributed by atoms with Crippen molar-refractivity contribution in [2.24, 2.45) is 0 Å². The van der Waals surface area contributed by atoms with Gasteiger partial charge in [-0.1, -0.05) is 0 Å². The zero-order valence-electron chi connectivity index (χ0n) is 2.94. The molecule has 0 nitrogen and oxygen atoms in total. The molecule has 0 saturated carbocycles.